The van der Waals surface area contributed by atoms with Gasteiger partial charge in [0, 0.05) is 6.20 Å². The van der Waals surface area contributed by atoms with Gasteiger partial charge in [0.15, 0.2) is 0 Å². The van der Waals surface area contributed by atoms with Crippen LogP contribution in [0.3, 0.4) is 0 Å². The third kappa shape index (κ3) is 2.11. The Hall–Kier alpha value is -2.76. The van der Waals surface area contributed by atoms with Crippen LogP contribution in [-0.4, -0.2) is 27.4 Å². The summed E-state index contributed by atoms with van der Waals surface area (Å²) in [4.78, 5) is 4.36. The summed E-state index contributed by atoms with van der Waals surface area (Å²) in [5.41, 5.74) is 2.35. The number of hydrogen-bond acceptors (Lipinski definition) is 6. The summed E-state index contributed by atoms with van der Waals surface area (Å²) < 4.78 is 10.7. The van der Waals surface area contributed by atoms with E-state index < -0.39 is 0 Å². The Morgan fingerprint density at radius 1 is 1.15 bits per heavy atom. The highest BCUT2D eigenvalue weighted by atomic mass is 16.5. The standard InChI is InChI=1S/C14H12N4O2/c1-9-5-3-7-11(19-2)12(9)14-16-13(18-20-14)10-6-4-8-15-17-10/h3-8H,1-2H3. The van der Waals surface area contributed by atoms with Gasteiger partial charge in [-0.15, -0.1) is 5.10 Å². The molecule has 3 rings (SSSR count). The van der Waals surface area contributed by atoms with E-state index in [9.17, 15) is 0 Å². The highest BCUT2D eigenvalue weighted by Gasteiger charge is 2.17. The lowest BCUT2D eigenvalue weighted by molar-refractivity contribution is 0.405. The van der Waals surface area contributed by atoms with Crippen LogP contribution >= 0.6 is 0 Å². The number of nitrogens with zero attached hydrogens (tertiary/aromatic N) is 4. The summed E-state index contributed by atoms with van der Waals surface area (Å²) in [5, 5.41) is 11.7. The summed E-state index contributed by atoms with van der Waals surface area (Å²) in [5.74, 6) is 1.50. The van der Waals surface area contributed by atoms with Gasteiger partial charge in [0.05, 0.1) is 12.7 Å². The molecule has 0 bridgehead atoms. The van der Waals surface area contributed by atoms with Crippen molar-refractivity contribution in [2.45, 2.75) is 6.92 Å². The van der Waals surface area contributed by atoms with Crippen LogP contribution in [0, 0.1) is 6.92 Å². The molecule has 0 fully saturated rings. The van der Waals surface area contributed by atoms with Gasteiger partial charge in [-0.25, -0.2) is 0 Å². The van der Waals surface area contributed by atoms with Crippen molar-refractivity contribution in [3.63, 3.8) is 0 Å². The number of aromatic nitrogens is 4. The van der Waals surface area contributed by atoms with Gasteiger partial charge in [0.1, 0.15) is 11.4 Å². The first-order valence-electron chi connectivity index (χ1n) is 6.05. The van der Waals surface area contributed by atoms with Crippen molar-refractivity contribution >= 4 is 0 Å². The maximum absolute atomic E-state index is 5.34. The topological polar surface area (TPSA) is 73.9 Å². The summed E-state index contributed by atoms with van der Waals surface area (Å²) in [6.07, 6.45) is 1.59. The second-order valence-corrected chi connectivity index (χ2v) is 4.18. The third-order valence-electron chi connectivity index (χ3n) is 2.90. The van der Waals surface area contributed by atoms with E-state index in [1.807, 2.05) is 25.1 Å². The maximum Gasteiger partial charge on any atom is 0.262 e. The SMILES string of the molecule is COc1cccc(C)c1-c1nc(-c2cccnn2)no1. The molecule has 3 aromatic rings. The van der Waals surface area contributed by atoms with Crippen molar-refractivity contribution in [3.8, 4) is 28.7 Å². The van der Waals surface area contributed by atoms with Gasteiger partial charge in [0.25, 0.3) is 5.89 Å². The van der Waals surface area contributed by atoms with Crippen LogP contribution in [0.25, 0.3) is 23.0 Å². The number of benzene rings is 1. The van der Waals surface area contributed by atoms with Crippen molar-refractivity contribution in [3.05, 3.63) is 42.1 Å². The van der Waals surface area contributed by atoms with E-state index in [2.05, 4.69) is 20.3 Å². The lowest BCUT2D eigenvalue weighted by Gasteiger charge is -2.06. The van der Waals surface area contributed by atoms with E-state index in [0.717, 1.165) is 11.1 Å². The molecule has 20 heavy (non-hydrogen) atoms. The molecular weight excluding hydrogens is 256 g/mol. The Bertz CT molecular complexity index is 725. The number of hydrogen-bond donors (Lipinski definition) is 0. The highest BCUT2D eigenvalue weighted by molar-refractivity contribution is 5.68. The number of aryl methyl sites for hydroxylation is 1. The fraction of sp³-hybridized carbons (Fsp3) is 0.143. The van der Waals surface area contributed by atoms with E-state index in [0.29, 0.717) is 23.2 Å². The van der Waals surface area contributed by atoms with Gasteiger partial charge in [-0.05, 0) is 30.7 Å². The smallest absolute Gasteiger partial charge is 0.262 e. The molecule has 0 N–H and O–H groups in total. The van der Waals surface area contributed by atoms with E-state index in [4.69, 9.17) is 9.26 Å². The zero-order valence-electron chi connectivity index (χ0n) is 11.1. The predicted octanol–water partition coefficient (Wildman–Crippen LogP) is 2.51. The Morgan fingerprint density at radius 3 is 2.80 bits per heavy atom. The normalized spacial score (nSPS) is 10.5. The second kappa shape index (κ2) is 5.08. The zero-order valence-corrected chi connectivity index (χ0v) is 11.1. The Kier molecular flexibility index (Phi) is 3.12. The first-order valence-corrected chi connectivity index (χ1v) is 6.05. The van der Waals surface area contributed by atoms with Crippen molar-refractivity contribution in [1.82, 2.24) is 20.3 Å². The van der Waals surface area contributed by atoms with Crippen molar-refractivity contribution in [2.75, 3.05) is 7.11 Å². The van der Waals surface area contributed by atoms with Crippen LogP contribution in [-0.2, 0) is 0 Å². The van der Waals surface area contributed by atoms with Crippen LogP contribution in [0.15, 0.2) is 41.1 Å². The average Bonchev–Trinajstić information content (AvgIpc) is 2.97. The average molecular weight is 268 g/mol. The first kappa shape index (κ1) is 12.3. The monoisotopic (exact) mass is 268 g/mol. The molecule has 100 valence electrons. The summed E-state index contributed by atoms with van der Waals surface area (Å²) in [6, 6.07) is 9.28. The molecule has 2 aromatic heterocycles. The minimum atomic E-state index is 0.401. The van der Waals surface area contributed by atoms with E-state index >= 15 is 0 Å². The van der Waals surface area contributed by atoms with Crippen LogP contribution < -0.4 is 4.74 Å². The zero-order chi connectivity index (χ0) is 13.9. The lowest BCUT2D eigenvalue weighted by Crippen LogP contribution is -1.91. The fourth-order valence-electron chi connectivity index (χ4n) is 1.93. The lowest BCUT2D eigenvalue weighted by atomic mass is 10.1. The van der Waals surface area contributed by atoms with E-state index in [-0.39, 0.29) is 0 Å². The van der Waals surface area contributed by atoms with E-state index in [1.165, 1.54) is 0 Å². The minimum absolute atomic E-state index is 0.401. The molecule has 0 saturated heterocycles. The molecule has 0 spiro atoms. The molecule has 6 nitrogen and oxygen atoms in total. The maximum atomic E-state index is 5.34. The fourth-order valence-corrected chi connectivity index (χ4v) is 1.93. The quantitative estimate of drug-likeness (QED) is 0.726. The molecule has 2 heterocycles. The predicted molar refractivity (Wildman–Crippen MR) is 72.0 cm³/mol. The largest absolute Gasteiger partial charge is 0.496 e. The number of ether oxygens (including phenoxy) is 1. The van der Waals surface area contributed by atoms with E-state index in [1.54, 1.807) is 25.4 Å². The van der Waals surface area contributed by atoms with Crippen molar-refractivity contribution in [2.24, 2.45) is 0 Å². The second-order valence-electron chi connectivity index (χ2n) is 4.18. The first-order chi connectivity index (χ1) is 9.79. The summed E-state index contributed by atoms with van der Waals surface area (Å²) >= 11 is 0. The molecule has 0 saturated carbocycles. The molecular formula is C14H12N4O2. The van der Waals surface area contributed by atoms with Gasteiger partial charge >= 0.3 is 0 Å². The molecule has 6 heteroatoms. The third-order valence-corrected chi connectivity index (χ3v) is 2.90. The van der Waals surface area contributed by atoms with Gasteiger partial charge in [-0.1, -0.05) is 17.3 Å². The van der Waals surface area contributed by atoms with Crippen molar-refractivity contribution in [1.29, 1.82) is 0 Å². The number of rotatable bonds is 3. The van der Waals surface area contributed by atoms with Gasteiger partial charge in [0.2, 0.25) is 5.82 Å². The van der Waals surface area contributed by atoms with Gasteiger partial charge in [-0.2, -0.15) is 10.1 Å². The van der Waals surface area contributed by atoms with Gasteiger partial charge in [-0.3, -0.25) is 0 Å². The molecule has 0 atom stereocenters. The summed E-state index contributed by atoms with van der Waals surface area (Å²) in [7, 11) is 1.61. The molecule has 1 aromatic carbocycles. The van der Waals surface area contributed by atoms with Crippen LogP contribution in [0.1, 0.15) is 5.56 Å². The molecule has 0 aliphatic carbocycles. The molecule has 0 unspecified atom stereocenters. The molecule has 0 aliphatic rings. The Morgan fingerprint density at radius 2 is 2.05 bits per heavy atom. The van der Waals surface area contributed by atoms with Crippen LogP contribution in [0.4, 0.5) is 0 Å². The van der Waals surface area contributed by atoms with Crippen LogP contribution in [0.5, 0.6) is 5.75 Å². The van der Waals surface area contributed by atoms with Crippen molar-refractivity contribution < 1.29 is 9.26 Å². The highest BCUT2D eigenvalue weighted by Crippen LogP contribution is 2.32. The molecule has 0 aliphatic heterocycles. The summed E-state index contributed by atoms with van der Waals surface area (Å²) in [6.45, 7) is 1.96. The Labute approximate surface area is 115 Å². The Balaban J connectivity index is 2.07. The van der Waals surface area contributed by atoms with Crippen LogP contribution in [0.2, 0.25) is 0 Å². The molecule has 0 amide bonds. The van der Waals surface area contributed by atoms with Gasteiger partial charge < -0.3 is 9.26 Å². The molecule has 0 radical (unpaired) electrons. The minimum Gasteiger partial charge on any atom is -0.496 e. The number of methoxy groups -OCH3 is 1.